The van der Waals surface area contributed by atoms with E-state index in [0.717, 1.165) is 36.4 Å². The SMILES string of the molecule is COc1ccc(-c2cn(-c3ccccc3)nc2C(=O)NCC(C)CN2CCCCC2)cc1OC. The quantitative estimate of drug-likeness (QED) is 0.510. The number of carbonyl (C=O) groups excluding carboxylic acids is 1. The maximum Gasteiger partial charge on any atom is 0.272 e. The van der Waals surface area contributed by atoms with Gasteiger partial charge in [-0.05, 0) is 61.7 Å². The molecule has 3 aromatic rings. The highest BCUT2D eigenvalue weighted by atomic mass is 16.5. The Morgan fingerprint density at radius 1 is 1.03 bits per heavy atom. The molecule has 7 heteroatoms. The van der Waals surface area contributed by atoms with E-state index in [2.05, 4.69) is 22.2 Å². The van der Waals surface area contributed by atoms with Gasteiger partial charge in [-0.2, -0.15) is 5.10 Å². The van der Waals surface area contributed by atoms with Crippen LogP contribution in [0.4, 0.5) is 0 Å². The molecule has 1 saturated heterocycles. The Bertz CT molecular complexity index is 1090. The summed E-state index contributed by atoms with van der Waals surface area (Å²) in [5, 5.41) is 7.79. The van der Waals surface area contributed by atoms with Crippen LogP contribution in [0.25, 0.3) is 16.8 Å². The lowest BCUT2D eigenvalue weighted by molar-refractivity contribution is 0.0938. The summed E-state index contributed by atoms with van der Waals surface area (Å²) in [5.74, 6) is 1.43. The van der Waals surface area contributed by atoms with Gasteiger partial charge in [0.15, 0.2) is 17.2 Å². The van der Waals surface area contributed by atoms with Crippen molar-refractivity contribution in [1.29, 1.82) is 0 Å². The molecule has 34 heavy (non-hydrogen) atoms. The second-order valence-electron chi connectivity index (χ2n) is 8.92. The van der Waals surface area contributed by atoms with Crippen molar-refractivity contribution in [3.05, 3.63) is 60.4 Å². The third-order valence-corrected chi connectivity index (χ3v) is 6.27. The maximum absolute atomic E-state index is 13.3. The molecular weight excluding hydrogens is 428 g/mol. The predicted octanol–water partition coefficient (Wildman–Crippen LogP) is 4.41. The summed E-state index contributed by atoms with van der Waals surface area (Å²) in [6.07, 6.45) is 5.75. The molecule has 0 saturated carbocycles. The highest BCUT2D eigenvalue weighted by Crippen LogP contribution is 2.34. The fourth-order valence-corrected chi connectivity index (χ4v) is 4.47. The fraction of sp³-hybridized carbons (Fsp3) is 0.407. The van der Waals surface area contributed by atoms with Crippen molar-refractivity contribution in [2.75, 3.05) is 40.4 Å². The predicted molar refractivity (Wildman–Crippen MR) is 134 cm³/mol. The lowest BCUT2D eigenvalue weighted by Gasteiger charge is -2.29. The molecule has 7 nitrogen and oxygen atoms in total. The van der Waals surface area contributed by atoms with E-state index in [1.807, 2.05) is 54.7 Å². The number of hydrogen-bond acceptors (Lipinski definition) is 5. The van der Waals surface area contributed by atoms with Crippen molar-refractivity contribution in [3.63, 3.8) is 0 Å². The third kappa shape index (κ3) is 5.59. The minimum atomic E-state index is -0.176. The van der Waals surface area contributed by atoms with E-state index >= 15 is 0 Å². The summed E-state index contributed by atoms with van der Waals surface area (Å²) in [6.45, 7) is 6.11. The molecule has 1 atom stereocenters. The summed E-state index contributed by atoms with van der Waals surface area (Å²) in [7, 11) is 3.21. The molecule has 0 radical (unpaired) electrons. The molecule has 2 aromatic carbocycles. The van der Waals surface area contributed by atoms with Gasteiger partial charge in [0.2, 0.25) is 0 Å². The number of amides is 1. The van der Waals surface area contributed by atoms with Crippen molar-refractivity contribution in [2.24, 2.45) is 5.92 Å². The van der Waals surface area contributed by atoms with Gasteiger partial charge in [-0.1, -0.05) is 37.6 Å². The van der Waals surface area contributed by atoms with Crippen LogP contribution in [0.5, 0.6) is 11.5 Å². The van der Waals surface area contributed by atoms with Gasteiger partial charge in [0.05, 0.1) is 19.9 Å². The summed E-state index contributed by atoms with van der Waals surface area (Å²) in [4.78, 5) is 15.8. The number of benzene rings is 2. The number of likely N-dealkylation sites (tertiary alicyclic amines) is 1. The Morgan fingerprint density at radius 3 is 2.47 bits per heavy atom. The van der Waals surface area contributed by atoms with E-state index in [1.54, 1.807) is 18.9 Å². The van der Waals surface area contributed by atoms with Crippen LogP contribution < -0.4 is 14.8 Å². The number of carbonyl (C=O) groups is 1. The lowest BCUT2D eigenvalue weighted by atomic mass is 10.0. The van der Waals surface area contributed by atoms with Gasteiger partial charge < -0.3 is 19.7 Å². The van der Waals surface area contributed by atoms with E-state index in [-0.39, 0.29) is 5.91 Å². The molecule has 1 amide bonds. The van der Waals surface area contributed by atoms with Crippen LogP contribution in [0.15, 0.2) is 54.7 Å². The first-order chi connectivity index (χ1) is 16.6. The largest absolute Gasteiger partial charge is 0.493 e. The summed E-state index contributed by atoms with van der Waals surface area (Å²) < 4.78 is 12.6. The van der Waals surface area contributed by atoms with Crippen molar-refractivity contribution in [3.8, 4) is 28.3 Å². The van der Waals surface area contributed by atoms with Crippen LogP contribution in [0.2, 0.25) is 0 Å². The Hall–Kier alpha value is -3.32. The normalized spacial score (nSPS) is 15.0. The van der Waals surface area contributed by atoms with Crippen LogP contribution in [0.1, 0.15) is 36.7 Å². The zero-order chi connectivity index (χ0) is 23.9. The van der Waals surface area contributed by atoms with Crippen molar-refractivity contribution < 1.29 is 14.3 Å². The molecule has 1 aromatic heterocycles. The van der Waals surface area contributed by atoms with Crippen LogP contribution >= 0.6 is 0 Å². The number of para-hydroxylation sites is 1. The third-order valence-electron chi connectivity index (χ3n) is 6.27. The Labute approximate surface area is 201 Å². The average molecular weight is 463 g/mol. The Balaban J connectivity index is 1.57. The van der Waals surface area contributed by atoms with Gasteiger partial charge in [-0.3, -0.25) is 4.79 Å². The molecule has 1 aliphatic heterocycles. The summed E-state index contributed by atoms with van der Waals surface area (Å²) in [6, 6.07) is 15.4. The summed E-state index contributed by atoms with van der Waals surface area (Å²) in [5.41, 5.74) is 2.86. The van der Waals surface area contributed by atoms with E-state index in [1.165, 1.54) is 19.3 Å². The molecule has 0 bridgehead atoms. The number of nitrogens with zero attached hydrogens (tertiary/aromatic N) is 3. The van der Waals surface area contributed by atoms with Crippen molar-refractivity contribution in [2.45, 2.75) is 26.2 Å². The highest BCUT2D eigenvalue weighted by molar-refractivity contribution is 5.99. The van der Waals surface area contributed by atoms with Gasteiger partial charge in [-0.25, -0.2) is 4.68 Å². The number of hydrogen-bond donors (Lipinski definition) is 1. The Kier molecular flexibility index (Phi) is 7.85. The molecule has 1 aliphatic rings. The number of nitrogens with one attached hydrogen (secondary N) is 1. The second-order valence-corrected chi connectivity index (χ2v) is 8.92. The maximum atomic E-state index is 13.3. The molecular formula is C27H34N4O3. The van der Waals surface area contributed by atoms with Crippen LogP contribution in [0.3, 0.4) is 0 Å². The van der Waals surface area contributed by atoms with Gasteiger partial charge >= 0.3 is 0 Å². The van der Waals surface area contributed by atoms with Crippen molar-refractivity contribution >= 4 is 5.91 Å². The summed E-state index contributed by atoms with van der Waals surface area (Å²) >= 11 is 0. The van der Waals surface area contributed by atoms with Gasteiger partial charge in [-0.15, -0.1) is 0 Å². The van der Waals surface area contributed by atoms with Gasteiger partial charge in [0.1, 0.15) is 0 Å². The van der Waals surface area contributed by atoms with Crippen LogP contribution in [-0.2, 0) is 0 Å². The highest BCUT2D eigenvalue weighted by Gasteiger charge is 2.21. The number of piperidine rings is 1. The van der Waals surface area contributed by atoms with E-state index < -0.39 is 0 Å². The minimum absolute atomic E-state index is 0.176. The van der Waals surface area contributed by atoms with E-state index in [4.69, 9.17) is 9.47 Å². The van der Waals surface area contributed by atoms with Crippen LogP contribution in [-0.4, -0.2) is 61.0 Å². The zero-order valence-electron chi connectivity index (χ0n) is 20.3. The lowest BCUT2D eigenvalue weighted by Crippen LogP contribution is -2.38. The first-order valence-corrected chi connectivity index (χ1v) is 12.0. The smallest absolute Gasteiger partial charge is 0.272 e. The first kappa shape index (κ1) is 23.8. The monoisotopic (exact) mass is 462 g/mol. The molecule has 1 N–H and O–H groups in total. The zero-order valence-corrected chi connectivity index (χ0v) is 20.3. The molecule has 0 spiro atoms. The van der Waals surface area contributed by atoms with Gasteiger partial charge in [0, 0.05) is 24.8 Å². The molecule has 4 rings (SSSR count). The molecule has 1 unspecified atom stereocenters. The first-order valence-electron chi connectivity index (χ1n) is 12.0. The Morgan fingerprint density at radius 2 is 1.76 bits per heavy atom. The number of methoxy groups -OCH3 is 2. The van der Waals surface area contributed by atoms with E-state index in [0.29, 0.717) is 29.7 Å². The fourth-order valence-electron chi connectivity index (χ4n) is 4.47. The molecule has 1 fully saturated rings. The number of aromatic nitrogens is 2. The second kappa shape index (κ2) is 11.2. The topological polar surface area (TPSA) is 68.6 Å². The van der Waals surface area contributed by atoms with E-state index in [9.17, 15) is 4.79 Å². The standard InChI is InChI=1S/C27H34N4O3/c1-20(18-30-14-8-5-9-15-30)17-28-27(32)26-23(19-31(29-26)22-10-6-4-7-11-22)21-12-13-24(33-2)25(16-21)34-3/h4,6-7,10-13,16,19-20H,5,8-9,14-15,17-18H2,1-3H3,(H,28,32). The number of rotatable bonds is 9. The van der Waals surface area contributed by atoms with Crippen molar-refractivity contribution in [1.82, 2.24) is 20.0 Å². The molecule has 180 valence electrons. The molecule has 2 heterocycles. The minimum Gasteiger partial charge on any atom is -0.493 e. The van der Waals surface area contributed by atoms with Crippen LogP contribution in [0, 0.1) is 5.92 Å². The molecule has 0 aliphatic carbocycles. The van der Waals surface area contributed by atoms with Gasteiger partial charge in [0.25, 0.3) is 5.91 Å². The number of ether oxygens (including phenoxy) is 2. The average Bonchev–Trinajstić information content (AvgIpc) is 3.33.